The number of halogens is 2. The van der Waals surface area contributed by atoms with Gasteiger partial charge in [-0.05, 0) is 49.4 Å². The van der Waals surface area contributed by atoms with Gasteiger partial charge in [0.2, 0.25) is 10.0 Å². The fourth-order valence-electron chi connectivity index (χ4n) is 4.74. The van der Waals surface area contributed by atoms with Gasteiger partial charge >= 0.3 is 5.97 Å². The van der Waals surface area contributed by atoms with Crippen LogP contribution in [0.4, 0.5) is 25.3 Å². The van der Waals surface area contributed by atoms with E-state index in [0.717, 1.165) is 17.6 Å². The molecular weight excluding hydrogens is 574 g/mol. The first-order valence-electron chi connectivity index (χ1n) is 12.5. The normalized spacial score (nSPS) is 13.7. The Labute approximate surface area is 238 Å². The minimum absolute atomic E-state index is 0.0249. The maximum Gasteiger partial charge on any atom is 0.309 e. The van der Waals surface area contributed by atoms with Crippen LogP contribution in [0.2, 0.25) is 0 Å². The number of benzene rings is 2. The van der Waals surface area contributed by atoms with Crippen molar-refractivity contribution in [2.45, 2.75) is 19.4 Å². The van der Waals surface area contributed by atoms with Gasteiger partial charge in [0.15, 0.2) is 10.9 Å². The zero-order valence-corrected chi connectivity index (χ0v) is 23.6. The minimum Gasteiger partial charge on any atom is -0.481 e. The number of nitrogens with zero attached hydrogens (tertiary/aromatic N) is 5. The number of nitriles is 1. The van der Waals surface area contributed by atoms with Crippen molar-refractivity contribution in [1.82, 2.24) is 14.7 Å². The first-order chi connectivity index (χ1) is 19.5. The van der Waals surface area contributed by atoms with Gasteiger partial charge in [0.25, 0.3) is 0 Å². The summed E-state index contributed by atoms with van der Waals surface area (Å²) in [6.45, 7) is 2.86. The number of fused-ring (bicyclic) bond motifs is 1. The van der Waals surface area contributed by atoms with Gasteiger partial charge in [0.05, 0.1) is 30.1 Å². The molecule has 2 aromatic carbocycles. The highest BCUT2D eigenvalue weighted by Crippen LogP contribution is 2.40. The quantitative estimate of drug-likeness (QED) is 0.292. The van der Waals surface area contributed by atoms with Gasteiger partial charge in [-0.1, -0.05) is 11.3 Å². The number of aliphatic carboxylic acids is 1. The zero-order chi connectivity index (χ0) is 29.5. The Kier molecular flexibility index (Phi) is 7.60. The minimum atomic E-state index is -3.39. The van der Waals surface area contributed by atoms with Gasteiger partial charge in [-0.2, -0.15) is 5.26 Å². The highest BCUT2D eigenvalue weighted by atomic mass is 32.2. The van der Waals surface area contributed by atoms with Crippen molar-refractivity contribution in [3.8, 4) is 17.3 Å². The fourth-order valence-corrected chi connectivity index (χ4v) is 6.45. The molecule has 0 atom stereocenters. The first-order valence-corrected chi connectivity index (χ1v) is 15.2. The molecule has 2 N–H and O–H groups in total. The van der Waals surface area contributed by atoms with E-state index in [1.165, 1.54) is 30.3 Å². The van der Waals surface area contributed by atoms with Crippen LogP contribution in [0, 0.1) is 23.0 Å². The average molecular weight is 599 g/mol. The zero-order valence-electron chi connectivity index (χ0n) is 21.9. The molecule has 0 bridgehead atoms. The number of anilines is 3. The highest BCUT2D eigenvalue weighted by molar-refractivity contribution is 7.88. The van der Waals surface area contributed by atoms with Crippen LogP contribution in [0.15, 0.2) is 42.5 Å². The predicted octanol–water partition coefficient (Wildman–Crippen LogP) is 4.03. The van der Waals surface area contributed by atoms with Crippen molar-refractivity contribution in [2.24, 2.45) is 0 Å². The van der Waals surface area contributed by atoms with Crippen LogP contribution >= 0.6 is 11.3 Å². The Bertz CT molecular complexity index is 1800. The molecule has 2 aromatic heterocycles. The summed E-state index contributed by atoms with van der Waals surface area (Å²) >= 11 is 1.10. The SMILES string of the molecule is CCN(c1nc(-c2ccc(F)cc2)c(C#N)s1)c1cc(CC(=O)O)nc2c(F)cc(N3CC(NS(C)(=O)=O)C3)cc12. The van der Waals surface area contributed by atoms with Gasteiger partial charge in [0, 0.05) is 36.3 Å². The maximum absolute atomic E-state index is 15.5. The van der Waals surface area contributed by atoms with Crippen LogP contribution in [0.25, 0.3) is 22.2 Å². The van der Waals surface area contributed by atoms with Crippen LogP contribution in [-0.2, 0) is 21.2 Å². The van der Waals surface area contributed by atoms with Gasteiger partial charge in [-0.25, -0.2) is 31.9 Å². The van der Waals surface area contributed by atoms with Gasteiger partial charge < -0.3 is 14.9 Å². The molecule has 5 rings (SSSR count). The van der Waals surface area contributed by atoms with Crippen molar-refractivity contribution in [3.63, 3.8) is 0 Å². The lowest BCUT2D eigenvalue weighted by molar-refractivity contribution is -0.136. The number of hydrogen-bond acceptors (Lipinski definition) is 9. The lowest BCUT2D eigenvalue weighted by atomic mass is 10.0. The molecule has 3 heterocycles. The van der Waals surface area contributed by atoms with Crippen LogP contribution < -0.4 is 14.5 Å². The highest BCUT2D eigenvalue weighted by Gasteiger charge is 2.30. The number of nitrogens with one attached hydrogen (secondary N) is 1. The number of thiazole rings is 1. The molecule has 1 saturated heterocycles. The lowest BCUT2D eigenvalue weighted by Crippen LogP contribution is -2.59. The van der Waals surface area contributed by atoms with Crippen LogP contribution in [0.3, 0.4) is 0 Å². The van der Waals surface area contributed by atoms with Gasteiger partial charge in [0.1, 0.15) is 28.0 Å². The molecule has 41 heavy (non-hydrogen) atoms. The number of hydrogen-bond donors (Lipinski definition) is 2. The monoisotopic (exact) mass is 598 g/mol. The number of carboxylic acid groups (broad SMARTS) is 1. The number of carbonyl (C=O) groups is 1. The summed E-state index contributed by atoms with van der Waals surface area (Å²) in [5, 5.41) is 20.0. The summed E-state index contributed by atoms with van der Waals surface area (Å²) in [7, 11) is -3.39. The second kappa shape index (κ2) is 11.0. The average Bonchev–Trinajstić information content (AvgIpc) is 3.30. The summed E-state index contributed by atoms with van der Waals surface area (Å²) < 4.78 is 54.7. The summed E-state index contributed by atoms with van der Waals surface area (Å²) in [4.78, 5) is 24.4. The van der Waals surface area contributed by atoms with E-state index in [1.807, 2.05) is 11.8 Å². The molecule has 1 fully saturated rings. The van der Waals surface area contributed by atoms with Gasteiger partial charge in [-0.15, -0.1) is 0 Å². The van der Waals surface area contributed by atoms with E-state index >= 15 is 4.39 Å². The molecule has 0 saturated carbocycles. The van der Waals surface area contributed by atoms with Crippen molar-refractivity contribution in [3.05, 3.63) is 64.7 Å². The molecular formula is C27H24F2N6O4S2. The second-order valence-electron chi connectivity index (χ2n) is 9.56. The first kappa shape index (κ1) is 28.3. The maximum atomic E-state index is 15.5. The van der Waals surface area contributed by atoms with Crippen LogP contribution in [-0.4, -0.2) is 61.4 Å². The number of sulfonamides is 1. The lowest BCUT2D eigenvalue weighted by Gasteiger charge is -2.41. The Hall–Kier alpha value is -4.19. The van der Waals surface area contributed by atoms with E-state index in [1.54, 1.807) is 17.0 Å². The Morgan fingerprint density at radius 2 is 1.93 bits per heavy atom. The molecule has 1 aliphatic heterocycles. The third-order valence-corrected chi connectivity index (χ3v) is 8.26. The van der Waals surface area contributed by atoms with Crippen molar-refractivity contribution < 1.29 is 27.1 Å². The van der Waals surface area contributed by atoms with Crippen molar-refractivity contribution >= 4 is 54.7 Å². The molecule has 4 aromatic rings. The van der Waals surface area contributed by atoms with Gasteiger partial charge in [-0.3, -0.25) is 4.79 Å². The molecule has 14 heteroatoms. The third-order valence-electron chi connectivity index (χ3n) is 6.52. The largest absolute Gasteiger partial charge is 0.481 e. The van der Waals surface area contributed by atoms with E-state index in [9.17, 15) is 28.0 Å². The molecule has 0 aliphatic carbocycles. The number of rotatable bonds is 9. The van der Waals surface area contributed by atoms with Crippen molar-refractivity contribution in [2.75, 3.05) is 35.7 Å². The van der Waals surface area contributed by atoms with Crippen molar-refractivity contribution in [1.29, 1.82) is 5.26 Å². The Balaban J connectivity index is 1.61. The predicted molar refractivity (Wildman–Crippen MR) is 152 cm³/mol. The van der Waals surface area contributed by atoms with E-state index < -0.39 is 34.0 Å². The summed E-state index contributed by atoms with van der Waals surface area (Å²) in [5.41, 5.74) is 1.99. The third kappa shape index (κ3) is 5.97. The molecule has 10 nitrogen and oxygen atoms in total. The van der Waals surface area contributed by atoms with Crippen LogP contribution in [0.1, 0.15) is 17.5 Å². The smallest absolute Gasteiger partial charge is 0.309 e. The summed E-state index contributed by atoms with van der Waals surface area (Å²) in [6.07, 6.45) is 0.643. The second-order valence-corrected chi connectivity index (χ2v) is 12.3. The molecule has 0 spiro atoms. The fraction of sp³-hybridized carbons (Fsp3) is 0.259. The Morgan fingerprint density at radius 1 is 1.22 bits per heavy atom. The molecule has 0 radical (unpaired) electrons. The van der Waals surface area contributed by atoms with E-state index in [-0.39, 0.29) is 17.3 Å². The molecule has 212 valence electrons. The summed E-state index contributed by atoms with van der Waals surface area (Å²) in [5.74, 6) is -2.22. The topological polar surface area (TPSA) is 140 Å². The number of aromatic nitrogens is 2. The molecule has 0 unspecified atom stereocenters. The number of pyridine rings is 1. The number of carboxylic acids is 1. The standard InChI is InChI=1S/C27H24F2N6O4S2/c1-3-35(27-32-25(23(12-30)40-27)15-4-6-16(28)7-5-15)22-8-17(9-24(36)37)31-26-20(22)10-19(11-21(26)29)34-13-18(14-34)33-41(2,38)39/h4-8,10-11,18,33H,3,9,13-14H2,1-2H3,(H,36,37). The van der Waals surface area contributed by atoms with E-state index in [2.05, 4.69) is 20.8 Å². The molecule has 0 amide bonds. The van der Waals surface area contributed by atoms with Crippen LogP contribution in [0.5, 0.6) is 0 Å². The Morgan fingerprint density at radius 3 is 2.54 bits per heavy atom. The van der Waals surface area contributed by atoms with E-state index in [4.69, 9.17) is 0 Å². The summed E-state index contributed by atoms with van der Waals surface area (Å²) in [6, 6.07) is 12.0. The molecule has 1 aliphatic rings. The van der Waals surface area contributed by atoms with E-state index in [0.29, 0.717) is 57.7 Å².